The minimum atomic E-state index is -0.457. The molecule has 1 N–H and O–H groups in total. The van der Waals surface area contributed by atoms with Crippen LogP contribution in [0.3, 0.4) is 0 Å². The first-order valence-corrected chi connectivity index (χ1v) is 12.1. The monoisotopic (exact) mass is 485 g/mol. The summed E-state index contributed by atoms with van der Waals surface area (Å²) in [6, 6.07) is 7.30. The van der Waals surface area contributed by atoms with E-state index < -0.39 is 5.82 Å². The molecule has 1 fully saturated rings. The fraction of sp³-hybridized carbons (Fsp3) is 0.333. The summed E-state index contributed by atoms with van der Waals surface area (Å²) in [7, 11) is 0. The van der Waals surface area contributed by atoms with E-state index in [0.29, 0.717) is 11.4 Å². The number of piperazine rings is 1. The number of aromatic nitrogens is 3. The molecule has 0 unspecified atom stereocenters. The van der Waals surface area contributed by atoms with Crippen LogP contribution in [0.2, 0.25) is 0 Å². The van der Waals surface area contributed by atoms with E-state index in [1.165, 1.54) is 6.33 Å². The minimum absolute atomic E-state index is 0.0112. The molecule has 3 heterocycles. The van der Waals surface area contributed by atoms with Crippen LogP contribution in [-0.2, 0) is 13.0 Å². The van der Waals surface area contributed by atoms with Crippen molar-refractivity contribution >= 4 is 23.4 Å². The van der Waals surface area contributed by atoms with Crippen LogP contribution < -0.4 is 10.1 Å². The van der Waals surface area contributed by atoms with E-state index in [2.05, 4.69) is 41.8 Å². The zero-order valence-corrected chi connectivity index (χ0v) is 20.5. The third-order valence-corrected chi connectivity index (χ3v) is 6.59. The molecular weight excluding hydrogens is 457 g/mol. The average Bonchev–Trinajstić information content (AvgIpc) is 3.29. The highest BCUT2D eigenvalue weighted by molar-refractivity contribution is 5.75. The molecule has 9 heteroatoms. The lowest BCUT2D eigenvalue weighted by atomic mass is 10.1. The number of pyridine rings is 1. The van der Waals surface area contributed by atoms with Gasteiger partial charge in [0.2, 0.25) is 5.88 Å². The van der Waals surface area contributed by atoms with Gasteiger partial charge in [-0.05, 0) is 43.1 Å². The number of allylic oxidation sites excluding steroid dienone is 1. The molecule has 0 spiro atoms. The Labute approximate surface area is 210 Å². The molecule has 0 atom stereocenters. The summed E-state index contributed by atoms with van der Waals surface area (Å²) in [4.78, 5) is 21.2. The molecule has 36 heavy (non-hydrogen) atoms. The number of benzene rings is 1. The molecular formula is C27H28FN7O. The maximum absolute atomic E-state index is 15.0. The second-order valence-corrected chi connectivity index (χ2v) is 9.09. The van der Waals surface area contributed by atoms with Gasteiger partial charge in [0.25, 0.3) is 5.69 Å². The number of ether oxygens (including phenoxy) is 1. The van der Waals surface area contributed by atoms with Gasteiger partial charge in [0.1, 0.15) is 18.0 Å². The van der Waals surface area contributed by atoms with Gasteiger partial charge in [0.05, 0.1) is 6.57 Å². The van der Waals surface area contributed by atoms with Crippen molar-refractivity contribution < 1.29 is 9.13 Å². The number of fused-ring (bicyclic) bond motifs is 1. The summed E-state index contributed by atoms with van der Waals surface area (Å²) in [5.41, 5.74) is 3.72. The van der Waals surface area contributed by atoms with Gasteiger partial charge in [-0.25, -0.2) is 24.2 Å². The number of nitrogens with one attached hydrogen (secondary N) is 1. The van der Waals surface area contributed by atoms with E-state index in [-0.39, 0.29) is 23.1 Å². The Kier molecular flexibility index (Phi) is 6.89. The third-order valence-electron chi connectivity index (χ3n) is 6.59. The van der Waals surface area contributed by atoms with Crippen molar-refractivity contribution in [1.82, 2.24) is 24.8 Å². The summed E-state index contributed by atoms with van der Waals surface area (Å²) in [5, 5.41) is 3.08. The fourth-order valence-corrected chi connectivity index (χ4v) is 4.57. The van der Waals surface area contributed by atoms with Crippen molar-refractivity contribution in [2.75, 3.05) is 38.0 Å². The van der Waals surface area contributed by atoms with E-state index in [9.17, 15) is 0 Å². The molecule has 5 rings (SSSR count). The van der Waals surface area contributed by atoms with Crippen LogP contribution in [0.25, 0.3) is 10.9 Å². The highest BCUT2D eigenvalue weighted by Crippen LogP contribution is 2.39. The van der Waals surface area contributed by atoms with Crippen LogP contribution in [0, 0.1) is 12.4 Å². The molecule has 2 aromatic heterocycles. The number of hydrogen-bond acceptors (Lipinski definition) is 7. The first-order chi connectivity index (χ1) is 17.5. The van der Waals surface area contributed by atoms with Gasteiger partial charge in [-0.1, -0.05) is 30.7 Å². The minimum Gasteiger partial charge on any atom is -0.446 e. The van der Waals surface area contributed by atoms with Crippen LogP contribution in [0.15, 0.2) is 42.4 Å². The molecule has 8 nitrogen and oxygen atoms in total. The predicted molar refractivity (Wildman–Crippen MR) is 137 cm³/mol. The van der Waals surface area contributed by atoms with Crippen LogP contribution in [-0.4, -0.2) is 57.5 Å². The molecule has 1 aliphatic heterocycles. The Morgan fingerprint density at radius 2 is 1.89 bits per heavy atom. The maximum atomic E-state index is 15.0. The molecule has 0 radical (unpaired) electrons. The smallest absolute Gasteiger partial charge is 0.288 e. The Bertz CT molecular complexity index is 1330. The molecule has 0 amide bonds. The second-order valence-electron chi connectivity index (χ2n) is 9.09. The topological polar surface area (TPSA) is 70.8 Å². The van der Waals surface area contributed by atoms with E-state index in [4.69, 9.17) is 11.3 Å². The van der Waals surface area contributed by atoms with E-state index in [0.717, 1.165) is 62.4 Å². The SMILES string of the molecule is [C-]#[N+]c1c(Nc2ccc(CN3CCN(CC)CC3)cn2)ncnc1Oc1ccc2c(c1F)C=C(C)C2. The van der Waals surface area contributed by atoms with Crippen LogP contribution in [0.1, 0.15) is 30.5 Å². The van der Waals surface area contributed by atoms with Crippen molar-refractivity contribution in [2.24, 2.45) is 0 Å². The molecule has 0 saturated carbocycles. The van der Waals surface area contributed by atoms with Gasteiger partial charge in [0, 0.05) is 44.5 Å². The van der Waals surface area contributed by atoms with E-state index in [1.54, 1.807) is 6.07 Å². The zero-order chi connectivity index (χ0) is 25.1. The van der Waals surface area contributed by atoms with Gasteiger partial charge in [-0.15, -0.1) is 0 Å². The largest absolute Gasteiger partial charge is 0.446 e. The summed E-state index contributed by atoms with van der Waals surface area (Å²) >= 11 is 0. The zero-order valence-electron chi connectivity index (χ0n) is 20.5. The first kappa shape index (κ1) is 23.9. The van der Waals surface area contributed by atoms with E-state index >= 15 is 4.39 Å². The number of halogens is 1. The molecule has 1 aliphatic carbocycles. The van der Waals surface area contributed by atoms with Gasteiger partial charge in [-0.2, -0.15) is 0 Å². The van der Waals surface area contributed by atoms with E-state index in [1.807, 2.05) is 37.4 Å². The van der Waals surface area contributed by atoms with Crippen LogP contribution in [0.5, 0.6) is 11.6 Å². The average molecular weight is 486 g/mol. The van der Waals surface area contributed by atoms with Crippen LogP contribution in [0.4, 0.5) is 21.7 Å². The fourth-order valence-electron chi connectivity index (χ4n) is 4.57. The third kappa shape index (κ3) is 5.05. The summed E-state index contributed by atoms with van der Waals surface area (Å²) < 4.78 is 20.8. The summed E-state index contributed by atoms with van der Waals surface area (Å²) in [6.07, 6.45) is 5.66. The second kappa shape index (κ2) is 10.4. The molecule has 3 aromatic rings. The Morgan fingerprint density at radius 1 is 1.08 bits per heavy atom. The number of nitrogens with zero attached hydrogens (tertiary/aromatic N) is 6. The first-order valence-electron chi connectivity index (χ1n) is 12.1. The lowest BCUT2D eigenvalue weighted by molar-refractivity contribution is 0.132. The van der Waals surface area contributed by atoms with Crippen molar-refractivity contribution in [1.29, 1.82) is 0 Å². The Hall–Kier alpha value is -3.87. The predicted octanol–water partition coefficient (Wildman–Crippen LogP) is 5.19. The van der Waals surface area contributed by atoms with Crippen molar-refractivity contribution in [2.45, 2.75) is 26.8 Å². The molecule has 0 bridgehead atoms. The molecule has 2 aliphatic rings. The lowest BCUT2D eigenvalue weighted by Gasteiger charge is -2.33. The van der Waals surface area contributed by atoms with Gasteiger partial charge < -0.3 is 15.0 Å². The number of rotatable bonds is 7. The summed E-state index contributed by atoms with van der Waals surface area (Å²) in [5.74, 6) is 0.359. The Balaban J connectivity index is 1.29. The molecule has 1 saturated heterocycles. The normalized spacial score (nSPS) is 15.8. The highest BCUT2D eigenvalue weighted by Gasteiger charge is 2.21. The quantitative estimate of drug-likeness (QED) is 0.462. The van der Waals surface area contributed by atoms with Gasteiger partial charge >= 0.3 is 0 Å². The number of likely N-dealkylation sites (N-methyl/N-ethyl adjacent to an activating group) is 1. The lowest BCUT2D eigenvalue weighted by Crippen LogP contribution is -2.45. The molecule has 1 aromatic carbocycles. The van der Waals surface area contributed by atoms with Gasteiger partial charge in [0.15, 0.2) is 11.6 Å². The summed E-state index contributed by atoms with van der Waals surface area (Å²) in [6.45, 7) is 18.0. The molecule has 184 valence electrons. The number of hydrogen-bond donors (Lipinski definition) is 1. The van der Waals surface area contributed by atoms with Crippen molar-refractivity contribution in [3.8, 4) is 11.6 Å². The standard InChI is InChI=1S/C27H28FN7O/c1-4-34-9-11-35(12-10-34)16-19-5-8-23(30-15-19)33-26-25(29-3)27(32-17-31-26)36-22-7-6-20-13-18(2)14-21(20)24(22)28/h5-8,14-15,17H,4,9-13,16H2,1-2H3,(H,30,31,32,33). The highest BCUT2D eigenvalue weighted by atomic mass is 19.1. The van der Waals surface area contributed by atoms with Gasteiger partial charge in [-0.3, -0.25) is 4.90 Å². The number of anilines is 2. The maximum Gasteiger partial charge on any atom is 0.288 e. The van der Waals surface area contributed by atoms with Crippen LogP contribution >= 0.6 is 0 Å². The Morgan fingerprint density at radius 3 is 2.61 bits per heavy atom. The van der Waals surface area contributed by atoms with Crippen molar-refractivity contribution in [3.63, 3.8) is 0 Å². The van der Waals surface area contributed by atoms with Crippen molar-refractivity contribution in [3.05, 3.63) is 76.3 Å².